The van der Waals surface area contributed by atoms with Crippen molar-refractivity contribution in [3.63, 3.8) is 0 Å². The van der Waals surface area contributed by atoms with Gasteiger partial charge in [-0.05, 0) is 30.2 Å². The van der Waals surface area contributed by atoms with E-state index in [-0.39, 0.29) is 6.54 Å². The normalized spacial score (nSPS) is 16.5. The number of benzene rings is 2. The first kappa shape index (κ1) is 14.0. The van der Waals surface area contributed by atoms with E-state index >= 15 is 0 Å². The summed E-state index contributed by atoms with van der Waals surface area (Å²) in [5.41, 5.74) is 2.34. The molecule has 0 aromatic heterocycles. The summed E-state index contributed by atoms with van der Waals surface area (Å²) < 4.78 is 0. The van der Waals surface area contributed by atoms with Crippen LogP contribution in [0.1, 0.15) is 5.56 Å². The van der Waals surface area contributed by atoms with Crippen LogP contribution in [-0.2, 0) is 11.2 Å². The molecule has 108 valence electrons. The predicted molar refractivity (Wildman–Crippen MR) is 86.1 cm³/mol. The molecule has 1 N–H and O–H groups in total. The zero-order valence-corrected chi connectivity index (χ0v) is 12.4. The maximum absolute atomic E-state index is 11.1. The van der Waals surface area contributed by atoms with E-state index in [1.165, 1.54) is 10.5 Å². The number of fused-ring (bicyclic) bond motifs is 1. The van der Waals surface area contributed by atoms with E-state index in [0.717, 1.165) is 18.7 Å². The molecule has 0 saturated heterocycles. The van der Waals surface area contributed by atoms with Crippen LogP contribution in [0.5, 0.6) is 0 Å². The molecule has 0 saturated carbocycles. The number of thioether (sulfide) groups is 1. The fourth-order valence-corrected chi connectivity index (χ4v) is 4.00. The number of anilines is 1. The Bertz CT molecular complexity index is 605. The summed E-state index contributed by atoms with van der Waals surface area (Å²) in [6, 6.07) is 18.2. The first-order chi connectivity index (χ1) is 10.2. The van der Waals surface area contributed by atoms with Crippen molar-refractivity contribution in [3.05, 3.63) is 60.2 Å². The molecular formula is C17H17NO2S. The van der Waals surface area contributed by atoms with Gasteiger partial charge in [-0.1, -0.05) is 36.4 Å². The lowest BCUT2D eigenvalue weighted by Gasteiger charge is -2.25. The van der Waals surface area contributed by atoms with Crippen molar-refractivity contribution in [2.45, 2.75) is 16.6 Å². The van der Waals surface area contributed by atoms with Crippen LogP contribution in [0.3, 0.4) is 0 Å². The van der Waals surface area contributed by atoms with Gasteiger partial charge in [-0.2, -0.15) is 0 Å². The second-order valence-corrected chi connectivity index (χ2v) is 6.50. The number of para-hydroxylation sites is 1. The third-order valence-corrected chi connectivity index (χ3v) is 4.89. The average molecular weight is 299 g/mol. The van der Waals surface area contributed by atoms with E-state index < -0.39 is 5.97 Å². The highest BCUT2D eigenvalue weighted by Crippen LogP contribution is 2.37. The van der Waals surface area contributed by atoms with Gasteiger partial charge in [0.25, 0.3) is 0 Å². The van der Waals surface area contributed by atoms with E-state index in [4.69, 9.17) is 5.11 Å². The summed E-state index contributed by atoms with van der Waals surface area (Å²) in [4.78, 5) is 14.4. The van der Waals surface area contributed by atoms with Crippen molar-refractivity contribution in [3.8, 4) is 0 Å². The van der Waals surface area contributed by atoms with Gasteiger partial charge in [0.1, 0.15) is 6.54 Å². The van der Waals surface area contributed by atoms with E-state index in [1.54, 1.807) is 0 Å². The van der Waals surface area contributed by atoms with Crippen LogP contribution in [-0.4, -0.2) is 29.4 Å². The Kier molecular flexibility index (Phi) is 4.15. The summed E-state index contributed by atoms with van der Waals surface area (Å²) in [7, 11) is 0. The number of carboxylic acids is 1. The molecule has 0 radical (unpaired) electrons. The van der Waals surface area contributed by atoms with Gasteiger partial charge in [-0.15, -0.1) is 11.8 Å². The van der Waals surface area contributed by atoms with Crippen molar-refractivity contribution in [2.24, 2.45) is 0 Å². The molecule has 4 heteroatoms. The zero-order valence-electron chi connectivity index (χ0n) is 11.6. The van der Waals surface area contributed by atoms with Gasteiger partial charge in [0.2, 0.25) is 0 Å². The summed E-state index contributed by atoms with van der Waals surface area (Å²) in [6.07, 6.45) is 1.00. The number of rotatable bonds is 5. The highest BCUT2D eigenvalue weighted by molar-refractivity contribution is 8.00. The molecule has 1 aliphatic rings. The standard InChI is InChI=1S/C17H17NO2S/c19-17(20)12-18(14-7-2-1-3-8-14)11-15-10-13-6-4-5-9-16(13)21-15/h1-9,15H,10-12H2,(H,19,20). The lowest BCUT2D eigenvalue weighted by molar-refractivity contribution is -0.135. The Morgan fingerprint density at radius 2 is 1.86 bits per heavy atom. The van der Waals surface area contributed by atoms with Gasteiger partial charge < -0.3 is 10.0 Å². The molecule has 21 heavy (non-hydrogen) atoms. The topological polar surface area (TPSA) is 40.5 Å². The van der Waals surface area contributed by atoms with Crippen molar-refractivity contribution >= 4 is 23.4 Å². The Balaban J connectivity index is 1.73. The van der Waals surface area contributed by atoms with E-state index in [9.17, 15) is 4.79 Å². The molecular weight excluding hydrogens is 282 g/mol. The fraction of sp³-hybridized carbons (Fsp3) is 0.235. The smallest absolute Gasteiger partial charge is 0.323 e. The van der Waals surface area contributed by atoms with E-state index in [1.807, 2.05) is 47.0 Å². The molecule has 1 aliphatic heterocycles. The molecule has 0 bridgehead atoms. The minimum absolute atomic E-state index is 0.0391. The molecule has 0 aliphatic carbocycles. The Labute approximate surface area is 128 Å². The molecule has 2 aromatic carbocycles. The fourth-order valence-electron chi connectivity index (χ4n) is 2.66. The van der Waals surface area contributed by atoms with E-state index in [2.05, 4.69) is 24.3 Å². The first-order valence-electron chi connectivity index (χ1n) is 6.99. The monoisotopic (exact) mass is 299 g/mol. The lowest BCUT2D eigenvalue weighted by Crippen LogP contribution is -2.35. The maximum atomic E-state index is 11.1. The minimum atomic E-state index is -0.792. The molecule has 3 nitrogen and oxygen atoms in total. The van der Waals surface area contributed by atoms with Crippen LogP contribution in [0.4, 0.5) is 5.69 Å². The van der Waals surface area contributed by atoms with Crippen molar-refractivity contribution in [1.29, 1.82) is 0 Å². The summed E-state index contributed by atoms with van der Waals surface area (Å²) in [5.74, 6) is -0.792. The van der Waals surface area contributed by atoms with Gasteiger partial charge in [0.05, 0.1) is 0 Å². The zero-order chi connectivity index (χ0) is 14.7. The Hall–Kier alpha value is -1.94. The quantitative estimate of drug-likeness (QED) is 0.919. The number of aliphatic carboxylic acids is 1. The third kappa shape index (κ3) is 3.39. The molecule has 2 aromatic rings. The van der Waals surface area contributed by atoms with Gasteiger partial charge in [-0.3, -0.25) is 4.79 Å². The third-order valence-electron chi connectivity index (χ3n) is 3.59. The largest absolute Gasteiger partial charge is 0.480 e. The first-order valence-corrected chi connectivity index (χ1v) is 7.86. The summed E-state index contributed by atoms with van der Waals surface area (Å²) in [5, 5.41) is 9.55. The molecule has 0 spiro atoms. The maximum Gasteiger partial charge on any atom is 0.323 e. The van der Waals surface area contributed by atoms with Crippen LogP contribution >= 0.6 is 11.8 Å². The van der Waals surface area contributed by atoms with Gasteiger partial charge in [-0.25, -0.2) is 0 Å². The van der Waals surface area contributed by atoms with Gasteiger partial charge in [0, 0.05) is 22.4 Å². The van der Waals surface area contributed by atoms with Crippen LogP contribution in [0, 0.1) is 0 Å². The number of hydrogen-bond acceptors (Lipinski definition) is 3. The Morgan fingerprint density at radius 1 is 1.14 bits per heavy atom. The van der Waals surface area contributed by atoms with Crippen molar-refractivity contribution in [2.75, 3.05) is 18.0 Å². The highest BCUT2D eigenvalue weighted by Gasteiger charge is 2.24. The summed E-state index contributed by atoms with van der Waals surface area (Å²) in [6.45, 7) is 0.785. The molecule has 3 rings (SSSR count). The second-order valence-electron chi connectivity index (χ2n) is 5.16. The number of nitrogens with zero attached hydrogens (tertiary/aromatic N) is 1. The average Bonchev–Trinajstić information content (AvgIpc) is 2.89. The molecule has 0 fully saturated rings. The molecule has 0 amide bonds. The molecule has 1 heterocycles. The van der Waals surface area contributed by atoms with Crippen LogP contribution in [0.25, 0.3) is 0 Å². The summed E-state index contributed by atoms with van der Waals surface area (Å²) >= 11 is 1.85. The van der Waals surface area contributed by atoms with Crippen LogP contribution in [0.2, 0.25) is 0 Å². The number of carbonyl (C=O) groups is 1. The molecule has 1 atom stereocenters. The highest BCUT2D eigenvalue weighted by atomic mass is 32.2. The lowest BCUT2D eigenvalue weighted by atomic mass is 10.1. The van der Waals surface area contributed by atoms with Crippen molar-refractivity contribution in [1.82, 2.24) is 0 Å². The Morgan fingerprint density at radius 3 is 2.57 bits per heavy atom. The SMILES string of the molecule is O=C(O)CN(CC1Cc2ccccc2S1)c1ccccc1. The second kappa shape index (κ2) is 6.22. The van der Waals surface area contributed by atoms with Crippen LogP contribution < -0.4 is 4.90 Å². The van der Waals surface area contributed by atoms with E-state index in [0.29, 0.717) is 5.25 Å². The molecule has 1 unspecified atom stereocenters. The number of carboxylic acid groups (broad SMARTS) is 1. The predicted octanol–water partition coefficient (Wildman–Crippen LogP) is 3.29. The minimum Gasteiger partial charge on any atom is -0.480 e. The number of hydrogen-bond donors (Lipinski definition) is 1. The van der Waals surface area contributed by atoms with Gasteiger partial charge in [0.15, 0.2) is 0 Å². The van der Waals surface area contributed by atoms with Crippen molar-refractivity contribution < 1.29 is 9.90 Å². The van der Waals surface area contributed by atoms with Crippen LogP contribution in [0.15, 0.2) is 59.5 Å². The van der Waals surface area contributed by atoms with Gasteiger partial charge >= 0.3 is 5.97 Å².